The zero-order valence-electron chi connectivity index (χ0n) is 10.5. The van der Waals surface area contributed by atoms with E-state index in [9.17, 15) is 4.79 Å². The Kier molecular flexibility index (Phi) is 3.48. The van der Waals surface area contributed by atoms with Crippen molar-refractivity contribution < 1.29 is 19.0 Å². The third-order valence-electron chi connectivity index (χ3n) is 2.90. The van der Waals surface area contributed by atoms with Crippen molar-refractivity contribution >= 4 is 17.6 Å². The van der Waals surface area contributed by atoms with Crippen LogP contribution in [0.2, 0.25) is 5.02 Å². The third kappa shape index (κ3) is 2.56. The molecule has 0 N–H and O–H groups in total. The lowest BCUT2D eigenvalue weighted by Crippen LogP contribution is -2.06. The Hall–Kier alpha value is -2.20. The smallest absolute Gasteiger partial charge is 0.342 e. The van der Waals surface area contributed by atoms with Gasteiger partial charge in [0.2, 0.25) is 6.79 Å². The van der Waals surface area contributed by atoms with Gasteiger partial charge >= 0.3 is 5.97 Å². The number of ether oxygens (including phenoxy) is 3. The first kappa shape index (κ1) is 12.8. The molecule has 20 heavy (non-hydrogen) atoms. The van der Waals surface area contributed by atoms with Gasteiger partial charge in [0.15, 0.2) is 11.5 Å². The average Bonchev–Trinajstić information content (AvgIpc) is 2.94. The lowest BCUT2D eigenvalue weighted by atomic mass is 10.2. The van der Waals surface area contributed by atoms with Crippen LogP contribution in [0, 0.1) is 0 Å². The van der Waals surface area contributed by atoms with Crippen molar-refractivity contribution in [3.63, 3.8) is 0 Å². The van der Waals surface area contributed by atoms with Gasteiger partial charge < -0.3 is 14.2 Å². The molecule has 4 nitrogen and oxygen atoms in total. The maximum Gasteiger partial charge on any atom is 0.342 e. The normalized spacial score (nSPS) is 12.2. The summed E-state index contributed by atoms with van der Waals surface area (Å²) in [4.78, 5) is 12.1. The van der Waals surface area contributed by atoms with Crippen molar-refractivity contribution in [2.75, 3.05) is 6.79 Å². The number of hydrogen-bond acceptors (Lipinski definition) is 4. The van der Waals surface area contributed by atoms with E-state index in [4.69, 9.17) is 25.8 Å². The first-order chi connectivity index (χ1) is 9.74. The Labute approximate surface area is 120 Å². The van der Waals surface area contributed by atoms with E-state index in [2.05, 4.69) is 0 Å². The highest BCUT2D eigenvalue weighted by Gasteiger charge is 2.22. The minimum atomic E-state index is -0.442. The van der Waals surface area contributed by atoms with E-state index in [-0.39, 0.29) is 13.4 Å². The number of hydrogen-bond donors (Lipinski definition) is 0. The third-order valence-corrected chi connectivity index (χ3v) is 3.15. The lowest BCUT2D eigenvalue weighted by Gasteiger charge is -2.07. The quantitative estimate of drug-likeness (QED) is 0.813. The summed E-state index contributed by atoms with van der Waals surface area (Å²) in [6.07, 6.45) is 0. The fraction of sp³-hybridized carbons (Fsp3) is 0.133. The molecule has 102 valence electrons. The van der Waals surface area contributed by atoms with Crippen LogP contribution in [0.5, 0.6) is 11.5 Å². The van der Waals surface area contributed by atoms with Gasteiger partial charge in [-0.05, 0) is 29.8 Å². The molecule has 0 aliphatic carbocycles. The average molecular weight is 291 g/mol. The van der Waals surface area contributed by atoms with E-state index in [1.807, 2.05) is 12.1 Å². The molecular formula is C15H11ClO4. The van der Waals surface area contributed by atoms with Gasteiger partial charge in [-0.15, -0.1) is 0 Å². The van der Waals surface area contributed by atoms with Gasteiger partial charge in [-0.25, -0.2) is 4.79 Å². The monoisotopic (exact) mass is 290 g/mol. The minimum absolute atomic E-state index is 0.122. The van der Waals surface area contributed by atoms with Crippen molar-refractivity contribution in [3.05, 3.63) is 58.6 Å². The minimum Gasteiger partial charge on any atom is -0.457 e. The Morgan fingerprint density at radius 3 is 2.75 bits per heavy atom. The van der Waals surface area contributed by atoms with Gasteiger partial charge in [0, 0.05) is 5.02 Å². The van der Waals surface area contributed by atoms with Gasteiger partial charge in [-0.1, -0.05) is 29.8 Å². The molecule has 0 aromatic heterocycles. The maximum absolute atomic E-state index is 12.1. The second-order valence-corrected chi connectivity index (χ2v) is 4.68. The molecule has 0 fully saturated rings. The van der Waals surface area contributed by atoms with Crippen LogP contribution < -0.4 is 9.47 Å². The molecule has 0 spiro atoms. The molecule has 2 aromatic rings. The van der Waals surface area contributed by atoms with Crippen LogP contribution in [-0.4, -0.2) is 12.8 Å². The fourth-order valence-electron chi connectivity index (χ4n) is 1.90. The van der Waals surface area contributed by atoms with Crippen molar-refractivity contribution in [2.45, 2.75) is 6.61 Å². The number of carbonyl (C=O) groups is 1. The highest BCUT2D eigenvalue weighted by atomic mass is 35.5. The van der Waals surface area contributed by atoms with Gasteiger partial charge in [-0.3, -0.25) is 0 Å². The lowest BCUT2D eigenvalue weighted by molar-refractivity contribution is 0.0468. The van der Waals surface area contributed by atoms with Crippen molar-refractivity contribution in [1.82, 2.24) is 0 Å². The van der Waals surface area contributed by atoms with E-state index >= 15 is 0 Å². The first-order valence-corrected chi connectivity index (χ1v) is 6.42. The second-order valence-electron chi connectivity index (χ2n) is 4.24. The molecule has 1 aliphatic rings. The molecule has 1 heterocycles. The topological polar surface area (TPSA) is 44.8 Å². The van der Waals surface area contributed by atoms with Gasteiger partial charge in [0.05, 0.1) is 0 Å². The molecule has 5 heteroatoms. The van der Waals surface area contributed by atoms with Crippen LogP contribution in [0.4, 0.5) is 0 Å². The van der Waals surface area contributed by atoms with Crippen LogP contribution in [0.25, 0.3) is 0 Å². The Morgan fingerprint density at radius 2 is 1.95 bits per heavy atom. The molecule has 0 radical (unpaired) electrons. The number of para-hydroxylation sites is 1. The SMILES string of the molecule is O=C(OCc1ccc(Cl)cc1)c1cccc2c1OCO2. The molecule has 0 amide bonds. The number of fused-ring (bicyclic) bond motifs is 1. The summed E-state index contributed by atoms with van der Waals surface area (Å²) in [6.45, 7) is 0.303. The zero-order chi connectivity index (χ0) is 13.9. The number of benzene rings is 2. The van der Waals surface area contributed by atoms with Crippen molar-refractivity contribution in [3.8, 4) is 11.5 Å². The molecular weight excluding hydrogens is 280 g/mol. The first-order valence-electron chi connectivity index (χ1n) is 6.04. The number of esters is 1. The molecule has 0 unspecified atom stereocenters. The molecule has 3 rings (SSSR count). The summed E-state index contributed by atoms with van der Waals surface area (Å²) < 4.78 is 15.8. The molecule has 0 atom stereocenters. The predicted molar refractivity (Wildman–Crippen MR) is 73.1 cm³/mol. The second kappa shape index (κ2) is 5.43. The molecule has 2 aromatic carbocycles. The molecule has 0 saturated heterocycles. The number of halogens is 1. The van der Waals surface area contributed by atoms with E-state index in [0.29, 0.717) is 22.1 Å². The standard InChI is InChI=1S/C15H11ClO4/c16-11-6-4-10(5-7-11)8-18-15(17)12-2-1-3-13-14(12)20-9-19-13/h1-7H,8-9H2. The van der Waals surface area contributed by atoms with Crippen LogP contribution >= 0.6 is 11.6 Å². The van der Waals surface area contributed by atoms with Crippen LogP contribution in [0.15, 0.2) is 42.5 Å². The molecule has 0 saturated carbocycles. The van der Waals surface area contributed by atoms with Crippen molar-refractivity contribution in [1.29, 1.82) is 0 Å². The van der Waals surface area contributed by atoms with Crippen LogP contribution in [0.3, 0.4) is 0 Å². The summed E-state index contributed by atoms with van der Waals surface area (Å²) in [6, 6.07) is 12.3. The number of carbonyl (C=O) groups excluding carboxylic acids is 1. The maximum atomic E-state index is 12.1. The summed E-state index contributed by atoms with van der Waals surface area (Å²) in [7, 11) is 0. The van der Waals surface area contributed by atoms with E-state index < -0.39 is 5.97 Å². The summed E-state index contributed by atoms with van der Waals surface area (Å²) in [5.74, 6) is 0.557. The summed E-state index contributed by atoms with van der Waals surface area (Å²) in [5.41, 5.74) is 1.24. The summed E-state index contributed by atoms with van der Waals surface area (Å²) in [5, 5.41) is 0.645. The van der Waals surface area contributed by atoms with Gasteiger partial charge in [-0.2, -0.15) is 0 Å². The Bertz CT molecular complexity index is 637. The molecule has 1 aliphatic heterocycles. The predicted octanol–water partition coefficient (Wildman–Crippen LogP) is 3.43. The Morgan fingerprint density at radius 1 is 1.15 bits per heavy atom. The fourth-order valence-corrected chi connectivity index (χ4v) is 2.02. The Balaban J connectivity index is 1.71. The highest BCUT2D eigenvalue weighted by Crippen LogP contribution is 2.35. The van der Waals surface area contributed by atoms with Crippen LogP contribution in [0.1, 0.15) is 15.9 Å². The van der Waals surface area contributed by atoms with Crippen LogP contribution in [-0.2, 0) is 11.3 Å². The highest BCUT2D eigenvalue weighted by molar-refractivity contribution is 6.30. The zero-order valence-corrected chi connectivity index (χ0v) is 11.2. The van der Waals surface area contributed by atoms with Gasteiger partial charge in [0.1, 0.15) is 12.2 Å². The largest absolute Gasteiger partial charge is 0.457 e. The van der Waals surface area contributed by atoms with Crippen molar-refractivity contribution in [2.24, 2.45) is 0 Å². The molecule has 0 bridgehead atoms. The van der Waals surface area contributed by atoms with E-state index in [1.165, 1.54) is 0 Å². The van der Waals surface area contributed by atoms with E-state index in [0.717, 1.165) is 5.56 Å². The number of rotatable bonds is 3. The van der Waals surface area contributed by atoms with Gasteiger partial charge in [0.25, 0.3) is 0 Å². The van der Waals surface area contributed by atoms with E-state index in [1.54, 1.807) is 30.3 Å². The summed E-state index contributed by atoms with van der Waals surface area (Å²) >= 11 is 5.80.